The second-order valence-electron chi connectivity index (χ2n) is 11.7. The van der Waals surface area contributed by atoms with E-state index in [2.05, 4.69) is 110 Å². The summed E-state index contributed by atoms with van der Waals surface area (Å²) in [5, 5.41) is 0. The SMILES string of the molecule is COc1cc(C=Nc2cc3c4c(c2)[C@H](c2ccccc2)CCN4CC[C@H]3c2ccccc2)cc(Br)c1OCc1ccc(Br)cc1. The second kappa shape index (κ2) is 13.2. The van der Waals surface area contributed by atoms with Crippen LogP contribution in [-0.2, 0) is 6.61 Å². The summed E-state index contributed by atoms with van der Waals surface area (Å²) < 4.78 is 13.8. The van der Waals surface area contributed by atoms with E-state index in [1.807, 2.05) is 42.6 Å². The van der Waals surface area contributed by atoms with Gasteiger partial charge in [0.1, 0.15) is 6.61 Å². The third kappa shape index (κ3) is 6.31. The van der Waals surface area contributed by atoms with Crippen LogP contribution in [0, 0.1) is 0 Å². The van der Waals surface area contributed by atoms with E-state index in [0.717, 1.165) is 51.7 Å². The molecule has 0 bridgehead atoms. The minimum Gasteiger partial charge on any atom is -0.493 e. The van der Waals surface area contributed by atoms with E-state index in [1.54, 1.807) is 7.11 Å². The Morgan fingerprint density at radius 3 is 1.96 bits per heavy atom. The molecule has 6 heteroatoms. The molecule has 2 aliphatic rings. The molecule has 5 aromatic rings. The molecule has 0 aliphatic carbocycles. The smallest absolute Gasteiger partial charge is 0.175 e. The molecule has 0 fully saturated rings. The Morgan fingerprint density at radius 1 is 0.778 bits per heavy atom. The highest BCUT2D eigenvalue weighted by atomic mass is 79.9. The van der Waals surface area contributed by atoms with E-state index < -0.39 is 0 Å². The van der Waals surface area contributed by atoms with Gasteiger partial charge in [0.05, 0.1) is 17.3 Å². The van der Waals surface area contributed by atoms with E-state index in [0.29, 0.717) is 29.9 Å². The lowest BCUT2D eigenvalue weighted by Crippen LogP contribution is -2.37. The molecule has 5 aromatic carbocycles. The van der Waals surface area contributed by atoms with E-state index in [1.165, 1.54) is 27.9 Å². The van der Waals surface area contributed by atoms with Gasteiger partial charge >= 0.3 is 0 Å². The minimum absolute atomic E-state index is 0.345. The molecular formula is C39H34Br2N2O2. The summed E-state index contributed by atoms with van der Waals surface area (Å²) in [4.78, 5) is 7.68. The van der Waals surface area contributed by atoms with Crippen molar-refractivity contribution in [1.29, 1.82) is 0 Å². The second-order valence-corrected chi connectivity index (χ2v) is 13.4. The maximum Gasteiger partial charge on any atom is 0.175 e. The van der Waals surface area contributed by atoms with Crippen LogP contribution in [0.4, 0.5) is 11.4 Å². The predicted molar refractivity (Wildman–Crippen MR) is 191 cm³/mol. The molecule has 0 aromatic heterocycles. The first-order chi connectivity index (χ1) is 22.1. The van der Waals surface area contributed by atoms with Crippen LogP contribution in [0.3, 0.4) is 0 Å². The van der Waals surface area contributed by atoms with Gasteiger partial charge < -0.3 is 14.4 Å². The molecule has 0 spiro atoms. The quantitative estimate of drug-likeness (QED) is 0.150. The fourth-order valence-corrected chi connectivity index (χ4v) is 7.59. The first-order valence-electron chi connectivity index (χ1n) is 15.4. The van der Waals surface area contributed by atoms with Crippen LogP contribution in [0.5, 0.6) is 11.5 Å². The summed E-state index contributed by atoms with van der Waals surface area (Å²) in [6.07, 6.45) is 4.13. The monoisotopic (exact) mass is 720 g/mol. The molecule has 0 radical (unpaired) electrons. The highest BCUT2D eigenvalue weighted by molar-refractivity contribution is 9.10. The fourth-order valence-electron chi connectivity index (χ4n) is 6.75. The summed E-state index contributed by atoms with van der Waals surface area (Å²) in [5.74, 6) is 2.02. The largest absolute Gasteiger partial charge is 0.493 e. The van der Waals surface area contributed by atoms with Gasteiger partial charge in [-0.1, -0.05) is 88.7 Å². The van der Waals surface area contributed by atoms with E-state index >= 15 is 0 Å². The van der Waals surface area contributed by atoms with Crippen molar-refractivity contribution in [2.24, 2.45) is 4.99 Å². The normalized spacial score (nSPS) is 17.3. The highest BCUT2D eigenvalue weighted by Crippen LogP contribution is 2.50. The van der Waals surface area contributed by atoms with Crippen LogP contribution >= 0.6 is 31.9 Å². The van der Waals surface area contributed by atoms with Gasteiger partial charge in [-0.05, 0) is 98.6 Å². The lowest BCUT2D eigenvalue weighted by molar-refractivity contribution is 0.282. The van der Waals surface area contributed by atoms with E-state index in [9.17, 15) is 0 Å². The van der Waals surface area contributed by atoms with Crippen molar-refractivity contribution >= 4 is 49.4 Å². The van der Waals surface area contributed by atoms with Gasteiger partial charge in [-0.2, -0.15) is 0 Å². The Morgan fingerprint density at radius 2 is 1.38 bits per heavy atom. The Balaban J connectivity index is 1.25. The average molecular weight is 723 g/mol. The molecule has 7 rings (SSSR count). The summed E-state index contributed by atoms with van der Waals surface area (Å²) in [5.41, 5.74) is 9.90. The summed E-state index contributed by atoms with van der Waals surface area (Å²) in [6.45, 7) is 2.59. The van der Waals surface area contributed by atoms with Crippen molar-refractivity contribution in [1.82, 2.24) is 0 Å². The van der Waals surface area contributed by atoms with Gasteiger partial charge in [0, 0.05) is 41.3 Å². The molecule has 0 saturated carbocycles. The standard InChI is InChI=1S/C39H34Br2N2O2/c1-44-37-21-27(20-36(41)39(37)45-25-26-12-14-30(40)15-13-26)24-42-31-22-34-32(28-8-4-2-5-9-28)16-18-43-19-17-33(35(23-31)38(34)43)29-10-6-3-7-11-29/h2-15,20-24,32-33H,16-19,25H2,1H3/t32-,33-/m0/s1. The van der Waals surface area contributed by atoms with Gasteiger partial charge in [-0.3, -0.25) is 4.99 Å². The van der Waals surface area contributed by atoms with Crippen LogP contribution in [0.1, 0.15) is 58.1 Å². The molecule has 0 amide bonds. The Bertz CT molecular complexity index is 1750. The Kier molecular flexibility index (Phi) is 8.77. The first-order valence-corrected chi connectivity index (χ1v) is 17.0. The molecule has 0 saturated heterocycles. The van der Waals surface area contributed by atoms with E-state index in [-0.39, 0.29) is 0 Å². The number of methoxy groups -OCH3 is 1. The van der Waals surface area contributed by atoms with Crippen LogP contribution in [-0.4, -0.2) is 26.4 Å². The van der Waals surface area contributed by atoms with Crippen molar-refractivity contribution in [3.8, 4) is 11.5 Å². The first kappa shape index (κ1) is 29.8. The zero-order valence-electron chi connectivity index (χ0n) is 25.1. The average Bonchev–Trinajstić information content (AvgIpc) is 3.08. The lowest BCUT2D eigenvalue weighted by Gasteiger charge is -2.43. The molecule has 2 heterocycles. The minimum atomic E-state index is 0.345. The van der Waals surface area contributed by atoms with Crippen molar-refractivity contribution in [3.63, 3.8) is 0 Å². The van der Waals surface area contributed by atoms with Gasteiger partial charge in [-0.25, -0.2) is 0 Å². The Labute approximate surface area is 282 Å². The Hall–Kier alpha value is -3.87. The molecular weight excluding hydrogens is 688 g/mol. The molecule has 2 atom stereocenters. The maximum absolute atomic E-state index is 6.18. The molecule has 4 nitrogen and oxygen atoms in total. The van der Waals surface area contributed by atoms with Gasteiger partial charge in [0.25, 0.3) is 0 Å². The van der Waals surface area contributed by atoms with Crippen LogP contribution in [0.15, 0.2) is 123 Å². The third-order valence-electron chi connectivity index (χ3n) is 8.91. The number of nitrogens with zero attached hydrogens (tertiary/aromatic N) is 2. The zero-order chi connectivity index (χ0) is 30.8. The number of hydrogen-bond acceptors (Lipinski definition) is 4. The zero-order valence-corrected chi connectivity index (χ0v) is 28.3. The van der Waals surface area contributed by atoms with Crippen LogP contribution in [0.25, 0.3) is 0 Å². The van der Waals surface area contributed by atoms with E-state index in [4.69, 9.17) is 14.5 Å². The number of rotatable bonds is 8. The fraction of sp³-hybridized carbons (Fsp3) is 0.205. The summed E-state index contributed by atoms with van der Waals surface area (Å²) >= 11 is 7.22. The van der Waals surface area contributed by atoms with Crippen LogP contribution in [0.2, 0.25) is 0 Å². The molecule has 0 N–H and O–H groups in total. The number of anilines is 1. The van der Waals surface area contributed by atoms with Crippen LogP contribution < -0.4 is 14.4 Å². The number of halogens is 2. The topological polar surface area (TPSA) is 34.1 Å². The molecule has 45 heavy (non-hydrogen) atoms. The van der Waals surface area contributed by atoms with Gasteiger partial charge in [0.15, 0.2) is 11.5 Å². The predicted octanol–water partition coefficient (Wildman–Crippen LogP) is 10.4. The number of ether oxygens (including phenoxy) is 2. The lowest BCUT2D eigenvalue weighted by atomic mass is 9.76. The van der Waals surface area contributed by atoms with Gasteiger partial charge in [-0.15, -0.1) is 0 Å². The third-order valence-corrected chi connectivity index (χ3v) is 10.0. The summed E-state index contributed by atoms with van der Waals surface area (Å²) in [6, 6.07) is 38.6. The number of aliphatic imine (C=N–C) groups is 1. The van der Waals surface area contributed by atoms with Crippen molar-refractivity contribution < 1.29 is 9.47 Å². The molecule has 226 valence electrons. The summed E-state index contributed by atoms with van der Waals surface area (Å²) in [7, 11) is 1.67. The van der Waals surface area contributed by atoms with Crippen molar-refractivity contribution in [2.45, 2.75) is 31.3 Å². The van der Waals surface area contributed by atoms with Crippen molar-refractivity contribution in [2.75, 3.05) is 25.1 Å². The molecule has 2 aliphatic heterocycles. The highest BCUT2D eigenvalue weighted by Gasteiger charge is 2.35. The van der Waals surface area contributed by atoms with Gasteiger partial charge in [0.2, 0.25) is 0 Å². The number of benzene rings is 5. The maximum atomic E-state index is 6.18. The molecule has 0 unspecified atom stereocenters. The van der Waals surface area contributed by atoms with Crippen molar-refractivity contribution in [3.05, 3.63) is 152 Å². The number of hydrogen-bond donors (Lipinski definition) is 0.